The SMILES string of the molecule is Cc1cc(F)ccc1C1CN=C(N)N1C1CCCCCC1. The van der Waals surface area contributed by atoms with Crippen LogP contribution in [0.15, 0.2) is 23.2 Å². The first-order valence-electron chi connectivity index (χ1n) is 8.01. The van der Waals surface area contributed by atoms with E-state index >= 15 is 0 Å². The van der Waals surface area contributed by atoms with Crippen LogP contribution in [0.2, 0.25) is 0 Å². The average molecular weight is 289 g/mol. The molecule has 3 nitrogen and oxygen atoms in total. The molecule has 0 bridgehead atoms. The predicted molar refractivity (Wildman–Crippen MR) is 83.7 cm³/mol. The van der Waals surface area contributed by atoms with E-state index in [9.17, 15) is 4.39 Å². The van der Waals surface area contributed by atoms with Crippen molar-refractivity contribution >= 4 is 5.96 Å². The van der Waals surface area contributed by atoms with Gasteiger partial charge in [0.2, 0.25) is 0 Å². The minimum absolute atomic E-state index is 0.175. The summed E-state index contributed by atoms with van der Waals surface area (Å²) in [7, 11) is 0. The van der Waals surface area contributed by atoms with Crippen LogP contribution in [0.5, 0.6) is 0 Å². The maximum atomic E-state index is 13.3. The Morgan fingerprint density at radius 1 is 1.19 bits per heavy atom. The van der Waals surface area contributed by atoms with Crippen LogP contribution < -0.4 is 5.73 Å². The van der Waals surface area contributed by atoms with Gasteiger partial charge < -0.3 is 10.6 Å². The molecule has 3 rings (SSSR count). The van der Waals surface area contributed by atoms with Crippen LogP contribution in [0.25, 0.3) is 0 Å². The lowest BCUT2D eigenvalue weighted by Gasteiger charge is -2.35. The van der Waals surface area contributed by atoms with E-state index in [1.54, 1.807) is 12.1 Å². The fourth-order valence-electron chi connectivity index (χ4n) is 3.75. The van der Waals surface area contributed by atoms with Gasteiger partial charge in [0.1, 0.15) is 5.82 Å². The zero-order valence-corrected chi connectivity index (χ0v) is 12.7. The Hall–Kier alpha value is -1.58. The minimum Gasteiger partial charge on any atom is -0.370 e. The van der Waals surface area contributed by atoms with Crippen LogP contribution in [-0.4, -0.2) is 23.4 Å². The standard InChI is InChI=1S/C17H24FN3/c1-12-10-13(18)8-9-15(12)16-11-20-17(19)21(16)14-6-4-2-3-5-7-14/h8-10,14,16H,2-7,11H2,1H3,(H2,19,20). The molecule has 2 N–H and O–H groups in total. The monoisotopic (exact) mass is 289 g/mol. The molecule has 1 aromatic rings. The fourth-order valence-corrected chi connectivity index (χ4v) is 3.75. The molecule has 1 heterocycles. The highest BCUT2D eigenvalue weighted by molar-refractivity contribution is 5.81. The topological polar surface area (TPSA) is 41.6 Å². The van der Waals surface area contributed by atoms with E-state index in [1.807, 2.05) is 13.0 Å². The number of halogens is 1. The Kier molecular flexibility index (Phi) is 4.13. The van der Waals surface area contributed by atoms with E-state index in [-0.39, 0.29) is 11.9 Å². The molecule has 0 spiro atoms. The first-order valence-corrected chi connectivity index (χ1v) is 8.01. The van der Waals surface area contributed by atoms with E-state index < -0.39 is 0 Å². The molecule has 1 aromatic carbocycles. The number of hydrogen-bond acceptors (Lipinski definition) is 3. The van der Waals surface area contributed by atoms with Crippen molar-refractivity contribution in [2.45, 2.75) is 57.5 Å². The van der Waals surface area contributed by atoms with E-state index in [2.05, 4.69) is 9.89 Å². The molecule has 4 heteroatoms. The van der Waals surface area contributed by atoms with Gasteiger partial charge in [-0.3, -0.25) is 4.99 Å². The van der Waals surface area contributed by atoms with E-state index in [0.29, 0.717) is 18.5 Å². The second-order valence-electron chi connectivity index (χ2n) is 6.27. The molecule has 114 valence electrons. The van der Waals surface area contributed by atoms with Gasteiger partial charge in [-0.1, -0.05) is 31.7 Å². The first kappa shape index (κ1) is 14.4. The number of aliphatic imine (C=N–C) groups is 1. The number of benzene rings is 1. The molecular weight excluding hydrogens is 265 g/mol. The summed E-state index contributed by atoms with van der Waals surface area (Å²) in [4.78, 5) is 6.77. The maximum absolute atomic E-state index is 13.3. The van der Waals surface area contributed by atoms with Gasteiger partial charge in [-0.2, -0.15) is 0 Å². The molecule has 1 fully saturated rings. The quantitative estimate of drug-likeness (QED) is 0.846. The number of hydrogen-bond donors (Lipinski definition) is 1. The molecule has 0 radical (unpaired) electrons. The fraction of sp³-hybridized carbons (Fsp3) is 0.588. The molecule has 21 heavy (non-hydrogen) atoms. The Bertz CT molecular complexity index is 533. The molecule has 1 unspecified atom stereocenters. The second-order valence-corrected chi connectivity index (χ2v) is 6.27. The third kappa shape index (κ3) is 2.89. The number of guanidine groups is 1. The summed E-state index contributed by atoms with van der Waals surface area (Å²) in [5.41, 5.74) is 8.32. The summed E-state index contributed by atoms with van der Waals surface area (Å²) in [6, 6.07) is 5.70. The Morgan fingerprint density at radius 2 is 1.90 bits per heavy atom. The van der Waals surface area contributed by atoms with Gasteiger partial charge in [-0.05, 0) is 43.0 Å². The van der Waals surface area contributed by atoms with Gasteiger partial charge in [0.15, 0.2) is 5.96 Å². The Labute approximate surface area is 126 Å². The zero-order chi connectivity index (χ0) is 14.8. The highest BCUT2D eigenvalue weighted by Gasteiger charge is 2.34. The zero-order valence-electron chi connectivity index (χ0n) is 12.7. The molecule has 1 aliphatic carbocycles. The Balaban J connectivity index is 1.87. The maximum Gasteiger partial charge on any atom is 0.192 e. The van der Waals surface area contributed by atoms with Crippen molar-refractivity contribution in [1.82, 2.24) is 4.90 Å². The summed E-state index contributed by atoms with van der Waals surface area (Å²) >= 11 is 0. The van der Waals surface area contributed by atoms with Gasteiger partial charge >= 0.3 is 0 Å². The largest absolute Gasteiger partial charge is 0.370 e. The van der Waals surface area contributed by atoms with Crippen molar-refractivity contribution in [1.29, 1.82) is 0 Å². The van der Waals surface area contributed by atoms with Crippen LogP contribution >= 0.6 is 0 Å². The molecule has 2 aliphatic rings. The highest BCUT2D eigenvalue weighted by atomic mass is 19.1. The number of rotatable bonds is 2. The lowest BCUT2D eigenvalue weighted by atomic mass is 9.97. The summed E-state index contributed by atoms with van der Waals surface area (Å²) in [6.45, 7) is 2.66. The van der Waals surface area contributed by atoms with Crippen molar-refractivity contribution in [3.63, 3.8) is 0 Å². The molecule has 0 amide bonds. The average Bonchev–Trinajstić information content (AvgIpc) is 2.67. The van der Waals surface area contributed by atoms with Gasteiger partial charge in [0.25, 0.3) is 0 Å². The van der Waals surface area contributed by atoms with Crippen LogP contribution in [-0.2, 0) is 0 Å². The summed E-state index contributed by atoms with van der Waals surface area (Å²) in [5, 5.41) is 0. The van der Waals surface area contributed by atoms with Crippen molar-refractivity contribution < 1.29 is 4.39 Å². The molecular formula is C17H24FN3. The van der Waals surface area contributed by atoms with Crippen LogP contribution in [0, 0.1) is 12.7 Å². The molecule has 0 saturated heterocycles. The number of aryl methyl sites for hydroxylation is 1. The summed E-state index contributed by atoms with van der Waals surface area (Å²) in [6.07, 6.45) is 7.55. The molecule has 1 atom stereocenters. The normalized spacial score (nSPS) is 24.0. The van der Waals surface area contributed by atoms with Gasteiger partial charge in [-0.15, -0.1) is 0 Å². The third-order valence-electron chi connectivity index (χ3n) is 4.84. The van der Waals surface area contributed by atoms with Gasteiger partial charge in [0, 0.05) is 6.04 Å². The number of nitrogens with two attached hydrogens (primary N) is 1. The molecule has 0 aromatic heterocycles. The van der Waals surface area contributed by atoms with Crippen molar-refractivity contribution in [3.8, 4) is 0 Å². The molecule has 1 saturated carbocycles. The van der Waals surface area contributed by atoms with E-state index in [4.69, 9.17) is 5.73 Å². The smallest absolute Gasteiger partial charge is 0.192 e. The van der Waals surface area contributed by atoms with Gasteiger partial charge in [-0.25, -0.2) is 4.39 Å². The van der Waals surface area contributed by atoms with Crippen LogP contribution in [0.4, 0.5) is 4.39 Å². The predicted octanol–water partition coefficient (Wildman–Crippen LogP) is 3.53. The van der Waals surface area contributed by atoms with Crippen molar-refractivity contribution in [3.05, 3.63) is 35.1 Å². The summed E-state index contributed by atoms with van der Waals surface area (Å²) < 4.78 is 13.3. The first-order chi connectivity index (χ1) is 10.2. The highest BCUT2D eigenvalue weighted by Crippen LogP contribution is 2.34. The Morgan fingerprint density at radius 3 is 2.57 bits per heavy atom. The van der Waals surface area contributed by atoms with Crippen LogP contribution in [0.1, 0.15) is 55.7 Å². The lowest BCUT2D eigenvalue weighted by Crippen LogP contribution is -2.43. The summed E-state index contributed by atoms with van der Waals surface area (Å²) in [5.74, 6) is 0.486. The van der Waals surface area contributed by atoms with E-state index in [1.165, 1.54) is 38.5 Å². The van der Waals surface area contributed by atoms with Crippen LogP contribution in [0.3, 0.4) is 0 Å². The second kappa shape index (κ2) is 6.04. The van der Waals surface area contributed by atoms with Crippen molar-refractivity contribution in [2.75, 3.05) is 6.54 Å². The number of nitrogens with zero attached hydrogens (tertiary/aromatic N) is 2. The van der Waals surface area contributed by atoms with Crippen molar-refractivity contribution in [2.24, 2.45) is 10.7 Å². The van der Waals surface area contributed by atoms with E-state index in [0.717, 1.165) is 11.1 Å². The third-order valence-corrected chi connectivity index (χ3v) is 4.84. The van der Waals surface area contributed by atoms with Gasteiger partial charge in [0.05, 0.1) is 12.6 Å². The molecule has 1 aliphatic heterocycles. The lowest BCUT2D eigenvalue weighted by molar-refractivity contribution is 0.236. The minimum atomic E-state index is -0.177.